The first-order valence-electron chi connectivity index (χ1n) is 13.2. The number of benzene rings is 2. The molecule has 2 fully saturated rings. The van der Waals surface area contributed by atoms with Gasteiger partial charge in [-0.15, -0.1) is 0 Å². The number of hydrogen-bond acceptors (Lipinski definition) is 7. The van der Waals surface area contributed by atoms with Crippen LogP contribution in [0, 0.1) is 5.92 Å². The van der Waals surface area contributed by atoms with E-state index in [0.29, 0.717) is 33.4 Å². The average molecular weight is 604 g/mol. The van der Waals surface area contributed by atoms with Gasteiger partial charge in [-0.3, -0.25) is 4.79 Å². The van der Waals surface area contributed by atoms with Crippen molar-refractivity contribution in [3.8, 4) is 11.5 Å². The van der Waals surface area contributed by atoms with Gasteiger partial charge in [-0.05, 0) is 84.4 Å². The molecule has 4 rings (SSSR count). The van der Waals surface area contributed by atoms with Crippen molar-refractivity contribution in [1.82, 2.24) is 4.90 Å². The fraction of sp³-hybridized carbons (Fsp3) is 0.448. The molecule has 3 atom stereocenters. The zero-order valence-electron chi connectivity index (χ0n) is 22.1. The third-order valence-corrected chi connectivity index (χ3v) is 8.40. The summed E-state index contributed by atoms with van der Waals surface area (Å²) in [4.78, 5) is 28.4. The van der Waals surface area contributed by atoms with Crippen molar-refractivity contribution >= 4 is 51.3 Å². The number of para-hydroxylation sites is 1. The Morgan fingerprint density at radius 2 is 1.89 bits per heavy atom. The molecule has 2 aromatic carbocycles. The van der Waals surface area contributed by atoms with Crippen LogP contribution in [0.5, 0.6) is 11.5 Å². The SMILES string of the molecule is CCOC(=O)COc1c(Br)cc(/C=C2\SC(Nc3ccccc3)N([C@H]3CCCC[C@H]3C)C2=O)cc1OCC. The Labute approximate surface area is 237 Å². The highest BCUT2D eigenvalue weighted by atomic mass is 79.9. The molecule has 1 unspecified atom stereocenters. The number of anilines is 1. The monoisotopic (exact) mass is 602 g/mol. The van der Waals surface area contributed by atoms with Gasteiger partial charge >= 0.3 is 5.97 Å². The van der Waals surface area contributed by atoms with E-state index in [2.05, 4.69) is 28.2 Å². The maximum Gasteiger partial charge on any atom is 0.344 e. The Morgan fingerprint density at radius 1 is 1.13 bits per heavy atom. The van der Waals surface area contributed by atoms with Gasteiger partial charge in [-0.2, -0.15) is 0 Å². The molecule has 0 radical (unpaired) electrons. The van der Waals surface area contributed by atoms with Crippen molar-refractivity contribution in [2.45, 2.75) is 58.0 Å². The standard InChI is InChI=1S/C29H35BrN2O5S/c1-4-35-24-16-20(15-22(30)27(24)37-18-26(33)36-5-2)17-25-28(34)32(23-14-10-9-11-19(23)3)29(38-25)31-21-12-7-6-8-13-21/h6-8,12-13,15-17,19,23,29,31H,4-5,9-11,14,18H2,1-3H3/b25-17-/t19-,23+,29?/m1/s1. The minimum atomic E-state index is -0.449. The first kappa shape index (κ1) is 28.4. The van der Waals surface area contributed by atoms with Gasteiger partial charge in [-0.1, -0.05) is 49.7 Å². The Hall–Kier alpha value is -2.65. The molecule has 9 heteroatoms. The highest BCUT2D eigenvalue weighted by Crippen LogP contribution is 2.43. The number of rotatable bonds is 10. The fourth-order valence-electron chi connectivity index (χ4n) is 4.93. The number of halogens is 1. The molecule has 0 spiro atoms. The van der Waals surface area contributed by atoms with Crippen molar-refractivity contribution in [3.05, 3.63) is 57.4 Å². The molecular weight excluding hydrogens is 568 g/mol. The van der Waals surface area contributed by atoms with E-state index < -0.39 is 5.97 Å². The number of thioether (sulfide) groups is 1. The Kier molecular flexibility index (Phi) is 10.0. The Bertz CT molecular complexity index is 1160. The number of nitrogens with zero attached hydrogens (tertiary/aromatic N) is 1. The van der Waals surface area contributed by atoms with Crippen LogP contribution in [0.25, 0.3) is 6.08 Å². The van der Waals surface area contributed by atoms with Gasteiger partial charge in [-0.25, -0.2) is 4.79 Å². The largest absolute Gasteiger partial charge is 0.490 e. The van der Waals surface area contributed by atoms with Crippen molar-refractivity contribution in [2.24, 2.45) is 5.92 Å². The number of carbonyl (C=O) groups is 2. The van der Waals surface area contributed by atoms with E-state index in [0.717, 1.165) is 30.5 Å². The maximum atomic E-state index is 13.8. The van der Waals surface area contributed by atoms with Crippen molar-refractivity contribution < 1.29 is 23.8 Å². The second-order valence-electron chi connectivity index (χ2n) is 9.39. The van der Waals surface area contributed by atoms with Gasteiger partial charge < -0.3 is 24.4 Å². The average Bonchev–Trinajstić information content (AvgIpc) is 3.18. The summed E-state index contributed by atoms with van der Waals surface area (Å²) in [6, 6.07) is 13.9. The molecule has 1 aliphatic carbocycles. The number of amides is 1. The van der Waals surface area contributed by atoms with E-state index in [4.69, 9.17) is 14.2 Å². The minimum Gasteiger partial charge on any atom is -0.490 e. The summed E-state index contributed by atoms with van der Waals surface area (Å²) in [5.41, 5.74) is 1.59. The quantitative estimate of drug-likeness (QED) is 0.240. The normalized spacial score (nSPS) is 22.4. The molecule has 1 saturated carbocycles. The van der Waals surface area contributed by atoms with Gasteiger partial charge in [0.25, 0.3) is 5.91 Å². The summed E-state index contributed by atoms with van der Waals surface area (Å²) in [5, 5.41) is 3.57. The van der Waals surface area contributed by atoms with E-state index in [1.807, 2.05) is 60.4 Å². The van der Waals surface area contributed by atoms with Crippen molar-refractivity contribution in [1.29, 1.82) is 0 Å². The lowest BCUT2D eigenvalue weighted by Crippen LogP contribution is -2.48. The Balaban J connectivity index is 1.62. The molecule has 38 heavy (non-hydrogen) atoms. The zero-order chi connectivity index (χ0) is 27.1. The molecule has 1 aliphatic heterocycles. The molecule has 0 bridgehead atoms. The van der Waals surface area contributed by atoms with Crippen LogP contribution in [0.2, 0.25) is 0 Å². The molecule has 2 aromatic rings. The van der Waals surface area contributed by atoms with Gasteiger partial charge in [0.05, 0.1) is 22.6 Å². The summed E-state index contributed by atoms with van der Waals surface area (Å²) in [6.45, 7) is 6.38. The lowest BCUT2D eigenvalue weighted by molar-refractivity contribution is -0.145. The highest BCUT2D eigenvalue weighted by molar-refractivity contribution is 9.10. The van der Waals surface area contributed by atoms with Crippen molar-refractivity contribution in [3.63, 3.8) is 0 Å². The first-order valence-corrected chi connectivity index (χ1v) is 14.9. The molecule has 204 valence electrons. The predicted octanol–water partition coefficient (Wildman–Crippen LogP) is 6.68. The van der Waals surface area contributed by atoms with Gasteiger partial charge in [0.15, 0.2) is 23.6 Å². The number of ether oxygens (including phenoxy) is 3. The van der Waals surface area contributed by atoms with Gasteiger partial charge in [0.1, 0.15) is 0 Å². The third kappa shape index (κ3) is 6.86. The van der Waals surface area contributed by atoms with Crippen LogP contribution < -0.4 is 14.8 Å². The number of nitrogens with one attached hydrogen (secondary N) is 1. The molecular formula is C29H35BrN2O5S. The Morgan fingerprint density at radius 3 is 2.61 bits per heavy atom. The number of carbonyl (C=O) groups excluding carboxylic acids is 2. The van der Waals surface area contributed by atoms with Crippen LogP contribution in [0.4, 0.5) is 5.69 Å². The van der Waals surface area contributed by atoms with E-state index in [1.165, 1.54) is 18.2 Å². The van der Waals surface area contributed by atoms with Gasteiger partial charge in [0.2, 0.25) is 0 Å². The molecule has 1 saturated heterocycles. The van der Waals surface area contributed by atoms with Crippen LogP contribution in [0.3, 0.4) is 0 Å². The molecule has 1 heterocycles. The molecule has 1 N–H and O–H groups in total. The van der Waals surface area contributed by atoms with E-state index >= 15 is 0 Å². The lowest BCUT2D eigenvalue weighted by Gasteiger charge is -2.39. The van der Waals surface area contributed by atoms with Gasteiger partial charge in [0, 0.05) is 11.7 Å². The smallest absolute Gasteiger partial charge is 0.344 e. The number of esters is 1. The molecule has 2 aliphatic rings. The topological polar surface area (TPSA) is 77.1 Å². The van der Waals surface area contributed by atoms with Crippen LogP contribution in [-0.4, -0.2) is 48.1 Å². The third-order valence-electron chi connectivity index (χ3n) is 6.69. The molecule has 0 aromatic heterocycles. The van der Waals surface area contributed by atoms with Crippen molar-refractivity contribution in [2.75, 3.05) is 25.1 Å². The lowest BCUT2D eigenvalue weighted by atomic mass is 9.85. The van der Waals surface area contributed by atoms with Crippen LogP contribution >= 0.6 is 27.7 Å². The zero-order valence-corrected chi connectivity index (χ0v) is 24.5. The van der Waals surface area contributed by atoms with Crippen LogP contribution in [-0.2, 0) is 14.3 Å². The molecule has 7 nitrogen and oxygen atoms in total. The minimum absolute atomic E-state index is 0.0406. The van der Waals surface area contributed by atoms with E-state index in [-0.39, 0.29) is 30.7 Å². The second kappa shape index (κ2) is 13.4. The maximum absolute atomic E-state index is 13.8. The van der Waals surface area contributed by atoms with Crippen LogP contribution in [0.15, 0.2) is 51.8 Å². The summed E-state index contributed by atoms with van der Waals surface area (Å²) < 4.78 is 17.1. The summed E-state index contributed by atoms with van der Waals surface area (Å²) >= 11 is 5.10. The second-order valence-corrected chi connectivity index (χ2v) is 11.4. The van der Waals surface area contributed by atoms with E-state index in [1.54, 1.807) is 6.92 Å². The summed E-state index contributed by atoms with van der Waals surface area (Å²) in [6.07, 6.45) is 6.40. The molecule has 1 amide bonds. The fourth-order valence-corrected chi connectivity index (χ4v) is 6.71. The summed E-state index contributed by atoms with van der Waals surface area (Å²) in [7, 11) is 0. The van der Waals surface area contributed by atoms with E-state index in [9.17, 15) is 9.59 Å². The predicted molar refractivity (Wildman–Crippen MR) is 155 cm³/mol. The summed E-state index contributed by atoms with van der Waals surface area (Å²) in [5.74, 6) is 0.954. The highest BCUT2D eigenvalue weighted by Gasteiger charge is 2.43. The van der Waals surface area contributed by atoms with Crippen LogP contribution in [0.1, 0.15) is 52.0 Å². The number of hydrogen-bond donors (Lipinski definition) is 1. The first-order chi connectivity index (χ1) is 18.4.